The van der Waals surface area contributed by atoms with Crippen molar-refractivity contribution in [3.63, 3.8) is 0 Å². The van der Waals surface area contributed by atoms with E-state index in [0.717, 1.165) is 17.9 Å². The first-order valence-electron chi connectivity index (χ1n) is 7.05. The van der Waals surface area contributed by atoms with Crippen molar-refractivity contribution in [3.05, 3.63) is 53.1 Å². The molecule has 2 rings (SSSR count). The molecular formula is C16H17ClO5S2. The summed E-state index contributed by atoms with van der Waals surface area (Å²) in [4.78, 5) is -0.535. The summed E-state index contributed by atoms with van der Waals surface area (Å²) in [6.45, 7) is 3.94. The third-order valence-electron chi connectivity index (χ3n) is 3.33. The van der Waals surface area contributed by atoms with E-state index in [9.17, 15) is 16.8 Å². The lowest BCUT2D eigenvalue weighted by Gasteiger charge is -2.11. The van der Waals surface area contributed by atoms with Crippen LogP contribution in [0.3, 0.4) is 0 Å². The number of benzene rings is 2. The highest BCUT2D eigenvalue weighted by atomic mass is 35.5. The lowest BCUT2D eigenvalue weighted by Crippen LogP contribution is -2.11. The molecule has 0 atom stereocenters. The summed E-state index contributed by atoms with van der Waals surface area (Å²) in [5, 5.41) is -0.109. The molecule has 0 fully saturated rings. The monoisotopic (exact) mass is 388 g/mol. The maximum absolute atomic E-state index is 12.5. The van der Waals surface area contributed by atoms with Gasteiger partial charge < -0.3 is 4.18 Å². The average Bonchev–Trinajstić information content (AvgIpc) is 2.46. The Morgan fingerprint density at radius 1 is 1.00 bits per heavy atom. The molecule has 0 spiro atoms. The standard InChI is InChI=1S/C16H17ClO5S2/c1-11(2)12-5-4-6-13(9-12)22-24(20,21)16-10-14(23(3,18)19)7-8-15(16)17/h4-11H,1-3H3. The fourth-order valence-corrected chi connectivity index (χ4v) is 4.15. The molecule has 0 bridgehead atoms. The van der Waals surface area contributed by atoms with Gasteiger partial charge in [0, 0.05) is 6.26 Å². The van der Waals surface area contributed by atoms with E-state index in [1.54, 1.807) is 12.1 Å². The van der Waals surface area contributed by atoms with Crippen LogP contribution < -0.4 is 4.18 Å². The first-order valence-corrected chi connectivity index (χ1v) is 10.7. The van der Waals surface area contributed by atoms with Gasteiger partial charge in [0.25, 0.3) is 0 Å². The van der Waals surface area contributed by atoms with Gasteiger partial charge in [-0.2, -0.15) is 8.42 Å². The Morgan fingerprint density at radius 2 is 1.67 bits per heavy atom. The van der Waals surface area contributed by atoms with E-state index in [4.69, 9.17) is 15.8 Å². The maximum atomic E-state index is 12.5. The van der Waals surface area contributed by atoms with Crippen molar-refractivity contribution in [2.45, 2.75) is 29.6 Å². The summed E-state index contributed by atoms with van der Waals surface area (Å²) in [7, 11) is -7.84. The van der Waals surface area contributed by atoms with E-state index in [1.165, 1.54) is 18.2 Å². The predicted octanol–water partition coefficient (Wildman–Crippen LogP) is 3.63. The van der Waals surface area contributed by atoms with Gasteiger partial charge in [-0.05, 0) is 41.8 Å². The first kappa shape index (κ1) is 18.8. The summed E-state index contributed by atoms with van der Waals surface area (Å²) >= 11 is 5.92. The van der Waals surface area contributed by atoms with Crippen LogP contribution in [0.4, 0.5) is 0 Å². The largest absolute Gasteiger partial charge is 0.379 e. The van der Waals surface area contributed by atoms with Gasteiger partial charge in [-0.15, -0.1) is 0 Å². The highest BCUT2D eigenvalue weighted by Crippen LogP contribution is 2.28. The van der Waals surface area contributed by atoms with E-state index in [2.05, 4.69) is 0 Å². The molecule has 2 aromatic rings. The van der Waals surface area contributed by atoms with Crippen molar-refractivity contribution in [1.82, 2.24) is 0 Å². The van der Waals surface area contributed by atoms with Crippen molar-refractivity contribution in [3.8, 4) is 5.75 Å². The molecule has 0 saturated heterocycles. The highest BCUT2D eigenvalue weighted by Gasteiger charge is 2.23. The van der Waals surface area contributed by atoms with E-state index in [1.807, 2.05) is 19.9 Å². The molecule has 0 aliphatic rings. The molecule has 5 nitrogen and oxygen atoms in total. The van der Waals surface area contributed by atoms with E-state index < -0.39 is 20.0 Å². The summed E-state index contributed by atoms with van der Waals surface area (Å²) < 4.78 is 53.3. The van der Waals surface area contributed by atoms with Crippen LogP contribution in [0.2, 0.25) is 5.02 Å². The Bertz CT molecular complexity index is 964. The third kappa shape index (κ3) is 4.28. The normalized spacial score (nSPS) is 12.4. The Balaban J connectivity index is 2.46. The fourth-order valence-electron chi connectivity index (χ4n) is 2.00. The van der Waals surface area contributed by atoms with E-state index >= 15 is 0 Å². The molecule has 0 aromatic heterocycles. The molecule has 0 radical (unpaired) electrons. The number of halogens is 1. The fraction of sp³-hybridized carbons (Fsp3) is 0.250. The Labute approximate surface area is 147 Å². The van der Waals surface area contributed by atoms with Crippen LogP contribution in [0.1, 0.15) is 25.3 Å². The molecule has 0 heterocycles. The quantitative estimate of drug-likeness (QED) is 0.731. The molecule has 2 aromatic carbocycles. The number of rotatable bonds is 5. The lowest BCUT2D eigenvalue weighted by molar-refractivity contribution is 0.485. The Kier molecular flexibility index (Phi) is 5.27. The molecular weight excluding hydrogens is 372 g/mol. The highest BCUT2D eigenvalue weighted by molar-refractivity contribution is 7.90. The molecule has 0 N–H and O–H groups in total. The summed E-state index contributed by atoms with van der Waals surface area (Å²) in [5.41, 5.74) is 0.915. The summed E-state index contributed by atoms with van der Waals surface area (Å²) in [6.07, 6.45) is 0.986. The molecule has 0 saturated carbocycles. The molecule has 0 aliphatic carbocycles. The Hall–Kier alpha value is -1.57. The lowest BCUT2D eigenvalue weighted by atomic mass is 10.0. The van der Waals surface area contributed by atoms with Crippen LogP contribution >= 0.6 is 11.6 Å². The summed E-state index contributed by atoms with van der Waals surface area (Å²) in [5.74, 6) is 0.343. The predicted molar refractivity (Wildman–Crippen MR) is 92.9 cm³/mol. The van der Waals surface area contributed by atoms with Crippen LogP contribution in [-0.4, -0.2) is 23.1 Å². The van der Waals surface area contributed by atoms with Gasteiger partial charge in [-0.1, -0.05) is 37.6 Å². The van der Waals surface area contributed by atoms with Crippen molar-refractivity contribution in [2.75, 3.05) is 6.26 Å². The molecule has 24 heavy (non-hydrogen) atoms. The Morgan fingerprint density at radius 3 is 2.25 bits per heavy atom. The molecule has 0 aliphatic heterocycles. The minimum absolute atomic E-state index is 0.109. The van der Waals surface area contributed by atoms with Crippen LogP contribution in [-0.2, 0) is 20.0 Å². The second-order valence-electron chi connectivity index (χ2n) is 5.63. The maximum Gasteiger partial charge on any atom is 0.340 e. The third-order valence-corrected chi connectivity index (χ3v) is 6.17. The van der Waals surface area contributed by atoms with E-state index in [0.29, 0.717) is 0 Å². The van der Waals surface area contributed by atoms with Crippen LogP contribution in [0.5, 0.6) is 5.75 Å². The SMILES string of the molecule is CC(C)c1cccc(OS(=O)(=O)c2cc(S(C)(=O)=O)ccc2Cl)c1. The van der Waals surface area contributed by atoms with Gasteiger partial charge in [0.05, 0.1) is 9.92 Å². The van der Waals surface area contributed by atoms with Crippen LogP contribution in [0, 0.1) is 0 Å². The van der Waals surface area contributed by atoms with Crippen molar-refractivity contribution < 1.29 is 21.0 Å². The van der Waals surface area contributed by atoms with Crippen molar-refractivity contribution in [1.29, 1.82) is 0 Å². The average molecular weight is 389 g/mol. The van der Waals surface area contributed by atoms with Gasteiger partial charge in [0.2, 0.25) is 0 Å². The van der Waals surface area contributed by atoms with Gasteiger partial charge in [-0.25, -0.2) is 8.42 Å². The van der Waals surface area contributed by atoms with Crippen molar-refractivity contribution >= 4 is 31.6 Å². The van der Waals surface area contributed by atoms with Gasteiger partial charge >= 0.3 is 10.1 Å². The minimum Gasteiger partial charge on any atom is -0.379 e. The van der Waals surface area contributed by atoms with Gasteiger partial charge in [0.15, 0.2) is 9.84 Å². The summed E-state index contributed by atoms with van der Waals surface area (Å²) in [6, 6.07) is 10.2. The molecule has 0 unspecified atom stereocenters. The number of sulfone groups is 1. The van der Waals surface area contributed by atoms with Crippen LogP contribution in [0.25, 0.3) is 0 Å². The van der Waals surface area contributed by atoms with Crippen molar-refractivity contribution in [2.24, 2.45) is 0 Å². The molecule has 0 amide bonds. The topological polar surface area (TPSA) is 77.5 Å². The van der Waals surface area contributed by atoms with Crippen LogP contribution in [0.15, 0.2) is 52.3 Å². The number of hydrogen-bond donors (Lipinski definition) is 0. The second kappa shape index (κ2) is 6.74. The zero-order valence-corrected chi connectivity index (χ0v) is 15.7. The molecule has 130 valence electrons. The van der Waals surface area contributed by atoms with Gasteiger partial charge in [-0.3, -0.25) is 0 Å². The minimum atomic E-state index is -4.27. The molecule has 8 heteroatoms. The second-order valence-corrected chi connectivity index (χ2v) is 9.57. The number of hydrogen-bond acceptors (Lipinski definition) is 5. The van der Waals surface area contributed by atoms with E-state index in [-0.39, 0.29) is 26.5 Å². The van der Waals surface area contributed by atoms with Gasteiger partial charge in [0.1, 0.15) is 10.6 Å². The first-order chi connectivity index (χ1) is 11.0. The smallest absolute Gasteiger partial charge is 0.340 e. The zero-order chi connectivity index (χ0) is 18.1. The zero-order valence-electron chi connectivity index (χ0n) is 13.4.